The van der Waals surface area contributed by atoms with Gasteiger partial charge in [-0.05, 0) is 13.8 Å². The minimum atomic E-state index is -0.564. The Kier molecular flexibility index (Phi) is 3.83. The monoisotopic (exact) mass is 278 g/mol. The standard InChI is InChI=1S/C12H14N4O4/c1-4-19-12(18)9-6(2)13-5-8(9)15-11(17)10-14-7(3)20-16-10/h5,13H,4H2,1-3H3,(H,15,17). The first-order valence-electron chi connectivity index (χ1n) is 5.99. The average Bonchev–Trinajstić information content (AvgIpc) is 2.96. The Labute approximate surface area is 114 Å². The fourth-order valence-electron chi connectivity index (χ4n) is 1.66. The predicted octanol–water partition coefficient (Wildman–Crippen LogP) is 1.44. The van der Waals surface area contributed by atoms with E-state index in [1.807, 2.05) is 0 Å². The summed E-state index contributed by atoms with van der Waals surface area (Å²) >= 11 is 0. The summed E-state index contributed by atoms with van der Waals surface area (Å²) in [6.45, 7) is 5.25. The number of esters is 1. The maximum Gasteiger partial charge on any atom is 0.342 e. The van der Waals surface area contributed by atoms with Gasteiger partial charge in [0.2, 0.25) is 5.89 Å². The van der Waals surface area contributed by atoms with Gasteiger partial charge < -0.3 is 19.6 Å². The highest BCUT2D eigenvalue weighted by atomic mass is 16.5. The largest absolute Gasteiger partial charge is 0.462 e. The third kappa shape index (κ3) is 2.68. The van der Waals surface area contributed by atoms with E-state index in [1.165, 1.54) is 6.20 Å². The summed E-state index contributed by atoms with van der Waals surface area (Å²) in [6, 6.07) is 0. The smallest absolute Gasteiger partial charge is 0.342 e. The molecule has 2 N–H and O–H groups in total. The maximum absolute atomic E-state index is 11.9. The molecule has 2 rings (SSSR count). The van der Waals surface area contributed by atoms with Crippen molar-refractivity contribution in [3.63, 3.8) is 0 Å². The molecule has 1 amide bonds. The molecule has 0 spiro atoms. The number of nitrogens with one attached hydrogen (secondary N) is 2. The lowest BCUT2D eigenvalue weighted by atomic mass is 10.2. The number of ether oxygens (including phenoxy) is 1. The molecule has 0 aliphatic carbocycles. The molecule has 0 aliphatic heterocycles. The lowest BCUT2D eigenvalue weighted by molar-refractivity contribution is 0.0527. The highest BCUT2D eigenvalue weighted by Crippen LogP contribution is 2.20. The van der Waals surface area contributed by atoms with E-state index in [0.717, 1.165) is 0 Å². The van der Waals surface area contributed by atoms with Crippen LogP contribution in [0.2, 0.25) is 0 Å². The molecule has 2 aromatic rings. The van der Waals surface area contributed by atoms with Crippen molar-refractivity contribution in [1.82, 2.24) is 15.1 Å². The topological polar surface area (TPSA) is 110 Å². The van der Waals surface area contributed by atoms with Crippen molar-refractivity contribution in [2.75, 3.05) is 11.9 Å². The number of hydrogen-bond acceptors (Lipinski definition) is 6. The average molecular weight is 278 g/mol. The number of hydrogen-bond donors (Lipinski definition) is 2. The molecule has 106 valence electrons. The number of amides is 1. The first-order valence-corrected chi connectivity index (χ1v) is 5.99. The summed E-state index contributed by atoms with van der Waals surface area (Å²) in [5.41, 5.74) is 1.19. The van der Waals surface area contributed by atoms with Gasteiger partial charge in [0.1, 0.15) is 5.56 Å². The number of H-pyrrole nitrogens is 1. The van der Waals surface area contributed by atoms with Crippen LogP contribution in [0.4, 0.5) is 5.69 Å². The van der Waals surface area contributed by atoms with E-state index in [0.29, 0.717) is 11.4 Å². The summed E-state index contributed by atoms with van der Waals surface area (Å²) in [7, 11) is 0. The summed E-state index contributed by atoms with van der Waals surface area (Å²) in [4.78, 5) is 30.4. The van der Waals surface area contributed by atoms with Crippen molar-refractivity contribution in [1.29, 1.82) is 0 Å². The molecule has 0 aliphatic rings. The Hall–Kier alpha value is -2.64. The van der Waals surface area contributed by atoms with Gasteiger partial charge in [-0.25, -0.2) is 4.79 Å². The lowest BCUT2D eigenvalue weighted by Crippen LogP contribution is -2.16. The minimum Gasteiger partial charge on any atom is -0.462 e. The zero-order valence-corrected chi connectivity index (χ0v) is 11.3. The molecule has 2 aromatic heterocycles. The molecule has 8 heteroatoms. The van der Waals surface area contributed by atoms with Gasteiger partial charge in [0, 0.05) is 18.8 Å². The highest BCUT2D eigenvalue weighted by Gasteiger charge is 2.21. The van der Waals surface area contributed by atoms with Crippen LogP contribution in [0.3, 0.4) is 0 Å². The van der Waals surface area contributed by atoms with E-state index in [2.05, 4.69) is 20.4 Å². The quantitative estimate of drug-likeness (QED) is 0.819. The van der Waals surface area contributed by atoms with Gasteiger partial charge in [-0.3, -0.25) is 4.79 Å². The number of aromatic amines is 1. The third-order valence-electron chi connectivity index (χ3n) is 2.54. The first-order chi connectivity index (χ1) is 9.52. The molecule has 0 atom stereocenters. The first kappa shape index (κ1) is 13.8. The Bertz CT molecular complexity index is 644. The van der Waals surface area contributed by atoms with Crippen molar-refractivity contribution in [2.45, 2.75) is 20.8 Å². The fourth-order valence-corrected chi connectivity index (χ4v) is 1.66. The molecule has 0 bridgehead atoms. The Morgan fingerprint density at radius 1 is 1.45 bits per heavy atom. The highest BCUT2D eigenvalue weighted by molar-refractivity contribution is 6.06. The predicted molar refractivity (Wildman–Crippen MR) is 68.5 cm³/mol. The number of nitrogens with zero attached hydrogens (tertiary/aromatic N) is 2. The Morgan fingerprint density at radius 2 is 2.20 bits per heavy atom. The van der Waals surface area contributed by atoms with E-state index < -0.39 is 11.9 Å². The Morgan fingerprint density at radius 3 is 2.80 bits per heavy atom. The zero-order valence-electron chi connectivity index (χ0n) is 11.3. The summed E-state index contributed by atoms with van der Waals surface area (Å²) in [5, 5.41) is 6.05. The molecule has 0 fully saturated rings. The van der Waals surface area contributed by atoms with Crippen LogP contribution in [0.1, 0.15) is 39.5 Å². The van der Waals surface area contributed by atoms with E-state index >= 15 is 0 Å². The van der Waals surface area contributed by atoms with Crippen LogP contribution < -0.4 is 5.32 Å². The van der Waals surface area contributed by atoms with Crippen molar-refractivity contribution in [3.05, 3.63) is 29.2 Å². The second kappa shape index (κ2) is 5.55. The van der Waals surface area contributed by atoms with Gasteiger partial charge in [-0.15, -0.1) is 0 Å². The Balaban J connectivity index is 2.22. The summed E-state index contributed by atoms with van der Waals surface area (Å²) < 4.78 is 9.66. The maximum atomic E-state index is 11.9. The van der Waals surface area contributed by atoms with Crippen molar-refractivity contribution in [2.24, 2.45) is 0 Å². The van der Waals surface area contributed by atoms with Gasteiger partial charge in [0.25, 0.3) is 11.7 Å². The minimum absolute atomic E-state index is 0.101. The molecular weight excluding hydrogens is 264 g/mol. The van der Waals surface area contributed by atoms with Gasteiger partial charge in [-0.1, -0.05) is 5.16 Å². The molecule has 0 saturated carbocycles. The van der Waals surface area contributed by atoms with Gasteiger partial charge in [-0.2, -0.15) is 4.98 Å². The number of carbonyl (C=O) groups excluding carboxylic acids is 2. The van der Waals surface area contributed by atoms with Crippen LogP contribution in [-0.4, -0.2) is 33.6 Å². The summed E-state index contributed by atoms with van der Waals surface area (Å²) in [6.07, 6.45) is 1.51. The van der Waals surface area contributed by atoms with Crippen LogP contribution in [0, 0.1) is 13.8 Å². The normalized spacial score (nSPS) is 10.3. The molecule has 8 nitrogen and oxygen atoms in total. The molecule has 0 unspecified atom stereocenters. The molecule has 20 heavy (non-hydrogen) atoms. The molecule has 2 heterocycles. The number of aryl methyl sites for hydroxylation is 2. The van der Waals surface area contributed by atoms with Crippen LogP contribution in [0.15, 0.2) is 10.7 Å². The van der Waals surface area contributed by atoms with Crippen molar-refractivity contribution >= 4 is 17.6 Å². The number of anilines is 1. The van der Waals surface area contributed by atoms with Crippen LogP contribution >= 0.6 is 0 Å². The van der Waals surface area contributed by atoms with E-state index in [-0.39, 0.29) is 23.9 Å². The fraction of sp³-hybridized carbons (Fsp3) is 0.333. The molecule has 0 saturated heterocycles. The SMILES string of the molecule is CCOC(=O)c1c(NC(=O)c2noc(C)n2)c[nH]c1C. The zero-order chi connectivity index (χ0) is 14.7. The van der Waals surface area contributed by atoms with Crippen molar-refractivity contribution in [3.8, 4) is 0 Å². The van der Waals surface area contributed by atoms with E-state index in [9.17, 15) is 9.59 Å². The van der Waals surface area contributed by atoms with Gasteiger partial charge >= 0.3 is 5.97 Å². The summed E-state index contributed by atoms with van der Waals surface area (Å²) in [5.74, 6) is -0.889. The second-order valence-corrected chi connectivity index (χ2v) is 4.01. The number of carbonyl (C=O) groups is 2. The van der Waals surface area contributed by atoms with Gasteiger partial charge in [0.05, 0.1) is 12.3 Å². The van der Waals surface area contributed by atoms with Gasteiger partial charge in [0.15, 0.2) is 0 Å². The molecular formula is C12H14N4O4. The van der Waals surface area contributed by atoms with E-state index in [4.69, 9.17) is 9.26 Å². The number of rotatable bonds is 4. The molecule has 0 radical (unpaired) electrons. The van der Waals surface area contributed by atoms with Crippen molar-refractivity contribution < 1.29 is 18.8 Å². The second-order valence-electron chi connectivity index (χ2n) is 4.01. The van der Waals surface area contributed by atoms with E-state index in [1.54, 1.807) is 20.8 Å². The number of aromatic nitrogens is 3. The van der Waals surface area contributed by atoms with Crippen LogP contribution in [0.25, 0.3) is 0 Å². The lowest BCUT2D eigenvalue weighted by Gasteiger charge is -2.05. The third-order valence-corrected chi connectivity index (χ3v) is 2.54. The van der Waals surface area contributed by atoms with Crippen LogP contribution in [-0.2, 0) is 4.74 Å². The van der Waals surface area contributed by atoms with Crippen LogP contribution in [0.5, 0.6) is 0 Å². The molecule has 0 aromatic carbocycles.